The number of hydrogen-bond acceptors (Lipinski definition) is 4. The van der Waals surface area contributed by atoms with E-state index in [0.717, 1.165) is 51.4 Å². The van der Waals surface area contributed by atoms with Crippen LogP contribution < -0.4 is 0 Å². The second-order valence-corrected chi connectivity index (χ2v) is 6.08. The first-order chi connectivity index (χ1) is 8.76. The minimum atomic E-state index is -0.469. The zero-order chi connectivity index (χ0) is 12.5. The summed E-state index contributed by atoms with van der Waals surface area (Å²) in [6.07, 6.45) is 8.12. The third-order valence-corrected chi connectivity index (χ3v) is 4.75. The summed E-state index contributed by atoms with van der Waals surface area (Å²) in [7, 11) is 0. The van der Waals surface area contributed by atoms with E-state index in [4.69, 9.17) is 14.2 Å². The summed E-state index contributed by atoms with van der Waals surface area (Å²) in [6.45, 7) is 2.20. The molecule has 4 fully saturated rings. The minimum Gasteiger partial charge on any atom is -0.367 e. The van der Waals surface area contributed by atoms with Crippen LogP contribution in [0.1, 0.15) is 44.9 Å². The number of aldehydes is 1. The molecule has 1 aliphatic carbocycles. The van der Waals surface area contributed by atoms with E-state index in [2.05, 4.69) is 0 Å². The maximum atomic E-state index is 11.1. The quantitative estimate of drug-likeness (QED) is 0.720. The maximum absolute atomic E-state index is 11.1. The summed E-state index contributed by atoms with van der Waals surface area (Å²) in [6, 6.07) is 0. The second-order valence-electron chi connectivity index (χ2n) is 6.08. The second kappa shape index (κ2) is 4.91. The monoisotopic (exact) mass is 254 g/mol. The van der Waals surface area contributed by atoms with Crippen LogP contribution in [0.2, 0.25) is 0 Å². The number of fused-ring (bicyclic) bond motifs is 3. The molecule has 4 aliphatic rings. The maximum Gasteiger partial charge on any atom is 0.157 e. The summed E-state index contributed by atoms with van der Waals surface area (Å²) >= 11 is 0. The Labute approximate surface area is 108 Å². The Morgan fingerprint density at radius 2 is 2.06 bits per heavy atom. The van der Waals surface area contributed by atoms with Crippen LogP contribution in [0.15, 0.2) is 0 Å². The lowest BCUT2D eigenvalue weighted by molar-refractivity contribution is -0.225. The molecule has 102 valence electrons. The van der Waals surface area contributed by atoms with Gasteiger partial charge in [0.05, 0.1) is 13.2 Å². The third-order valence-electron chi connectivity index (χ3n) is 4.75. The topological polar surface area (TPSA) is 44.8 Å². The largest absolute Gasteiger partial charge is 0.367 e. The molecular formula is C14H22O4. The van der Waals surface area contributed by atoms with Crippen molar-refractivity contribution in [2.75, 3.05) is 19.8 Å². The van der Waals surface area contributed by atoms with Gasteiger partial charge < -0.3 is 19.0 Å². The van der Waals surface area contributed by atoms with Crippen LogP contribution in [0.4, 0.5) is 0 Å². The normalized spacial score (nSPS) is 43.9. The molecule has 4 rings (SSSR count). The van der Waals surface area contributed by atoms with Crippen molar-refractivity contribution < 1.29 is 19.0 Å². The van der Waals surface area contributed by atoms with Crippen molar-refractivity contribution in [2.24, 2.45) is 5.41 Å². The lowest BCUT2D eigenvalue weighted by atomic mass is 9.67. The Balaban J connectivity index is 1.52. The first-order valence-corrected chi connectivity index (χ1v) is 7.10. The highest BCUT2D eigenvalue weighted by Gasteiger charge is 2.50. The van der Waals surface area contributed by atoms with E-state index in [9.17, 15) is 4.79 Å². The lowest BCUT2D eigenvalue weighted by Crippen LogP contribution is -2.54. The SMILES string of the molecule is O=CC12CCC(COC3CCCCO3)(CC1)CO2. The molecule has 4 heteroatoms. The number of carbonyl (C=O) groups is 1. The molecule has 18 heavy (non-hydrogen) atoms. The fourth-order valence-corrected chi connectivity index (χ4v) is 3.24. The molecular weight excluding hydrogens is 232 g/mol. The molecule has 0 spiro atoms. The van der Waals surface area contributed by atoms with Crippen molar-refractivity contribution in [1.82, 2.24) is 0 Å². The van der Waals surface area contributed by atoms with Crippen molar-refractivity contribution in [2.45, 2.75) is 56.8 Å². The predicted molar refractivity (Wildman–Crippen MR) is 65.2 cm³/mol. The van der Waals surface area contributed by atoms with E-state index >= 15 is 0 Å². The first-order valence-electron chi connectivity index (χ1n) is 7.10. The first kappa shape index (κ1) is 12.6. The Kier molecular flexibility index (Phi) is 3.43. The molecule has 0 aromatic carbocycles. The van der Waals surface area contributed by atoms with Crippen LogP contribution in [0.5, 0.6) is 0 Å². The molecule has 1 atom stereocenters. The molecule has 3 aliphatic heterocycles. The highest BCUT2D eigenvalue weighted by atomic mass is 16.7. The molecule has 0 N–H and O–H groups in total. The zero-order valence-corrected chi connectivity index (χ0v) is 10.9. The Bertz CT molecular complexity index is 284. The van der Waals surface area contributed by atoms with Gasteiger partial charge >= 0.3 is 0 Å². The van der Waals surface area contributed by atoms with Gasteiger partial charge in [-0.15, -0.1) is 0 Å². The van der Waals surface area contributed by atoms with E-state index in [-0.39, 0.29) is 11.7 Å². The average Bonchev–Trinajstić information content (AvgIpc) is 2.48. The van der Waals surface area contributed by atoms with Crippen LogP contribution >= 0.6 is 0 Å². The van der Waals surface area contributed by atoms with Crippen molar-refractivity contribution in [3.05, 3.63) is 0 Å². The molecule has 3 heterocycles. The van der Waals surface area contributed by atoms with E-state index < -0.39 is 5.60 Å². The molecule has 4 nitrogen and oxygen atoms in total. The highest BCUT2D eigenvalue weighted by Crippen LogP contribution is 2.48. The summed E-state index contributed by atoms with van der Waals surface area (Å²) in [5, 5.41) is 0. The summed E-state index contributed by atoms with van der Waals surface area (Å²) in [4.78, 5) is 11.1. The molecule has 0 aromatic rings. The standard InChI is InChI=1S/C14H22O4/c15-9-14-6-4-13(5-7-14,11-18-14)10-17-12-3-1-2-8-16-12/h9,12H,1-8,10-11H2. The van der Waals surface area contributed by atoms with Crippen molar-refractivity contribution >= 4 is 6.29 Å². The van der Waals surface area contributed by atoms with E-state index in [1.165, 1.54) is 6.42 Å². The van der Waals surface area contributed by atoms with Gasteiger partial charge in [0.25, 0.3) is 0 Å². The van der Waals surface area contributed by atoms with Crippen molar-refractivity contribution in [3.8, 4) is 0 Å². The summed E-state index contributed by atoms with van der Waals surface area (Å²) in [5.41, 5.74) is -0.339. The van der Waals surface area contributed by atoms with Crippen LogP contribution in [-0.4, -0.2) is 38.0 Å². The summed E-state index contributed by atoms with van der Waals surface area (Å²) < 4.78 is 17.3. The Morgan fingerprint density at radius 1 is 1.22 bits per heavy atom. The van der Waals surface area contributed by atoms with Crippen LogP contribution in [-0.2, 0) is 19.0 Å². The Hall–Kier alpha value is -0.450. The van der Waals surface area contributed by atoms with Gasteiger partial charge in [-0.05, 0) is 44.9 Å². The number of carbonyl (C=O) groups excluding carboxylic acids is 1. The van der Waals surface area contributed by atoms with Crippen molar-refractivity contribution in [1.29, 1.82) is 0 Å². The lowest BCUT2D eigenvalue weighted by Gasteiger charge is -2.50. The van der Waals surface area contributed by atoms with Gasteiger partial charge in [0, 0.05) is 12.0 Å². The minimum absolute atomic E-state index is 0.0205. The smallest absolute Gasteiger partial charge is 0.157 e. The number of hydrogen-bond donors (Lipinski definition) is 0. The zero-order valence-electron chi connectivity index (χ0n) is 10.9. The van der Waals surface area contributed by atoms with Crippen molar-refractivity contribution in [3.63, 3.8) is 0 Å². The van der Waals surface area contributed by atoms with Gasteiger partial charge in [0.1, 0.15) is 5.60 Å². The van der Waals surface area contributed by atoms with Gasteiger partial charge in [-0.1, -0.05) is 0 Å². The van der Waals surface area contributed by atoms with Crippen LogP contribution in [0.25, 0.3) is 0 Å². The molecule has 2 bridgehead atoms. The predicted octanol–water partition coefficient (Wildman–Crippen LogP) is 2.06. The summed E-state index contributed by atoms with van der Waals surface area (Å²) in [5.74, 6) is 0. The van der Waals surface area contributed by atoms with Gasteiger partial charge in [-0.2, -0.15) is 0 Å². The van der Waals surface area contributed by atoms with Crippen LogP contribution in [0, 0.1) is 5.41 Å². The fourth-order valence-electron chi connectivity index (χ4n) is 3.24. The van der Waals surface area contributed by atoms with E-state index in [1.807, 2.05) is 0 Å². The molecule has 0 aromatic heterocycles. The molecule has 1 unspecified atom stereocenters. The van der Waals surface area contributed by atoms with E-state index in [0.29, 0.717) is 13.2 Å². The third kappa shape index (κ3) is 2.33. The molecule has 0 radical (unpaired) electrons. The Morgan fingerprint density at radius 3 is 2.61 bits per heavy atom. The van der Waals surface area contributed by atoms with Gasteiger partial charge in [0.15, 0.2) is 12.6 Å². The fraction of sp³-hybridized carbons (Fsp3) is 0.929. The highest BCUT2D eigenvalue weighted by molar-refractivity contribution is 5.63. The average molecular weight is 254 g/mol. The van der Waals surface area contributed by atoms with Gasteiger partial charge in [-0.3, -0.25) is 0 Å². The number of rotatable bonds is 4. The molecule has 1 saturated carbocycles. The molecule has 3 saturated heterocycles. The van der Waals surface area contributed by atoms with Crippen LogP contribution in [0.3, 0.4) is 0 Å². The molecule has 0 amide bonds. The number of ether oxygens (including phenoxy) is 3. The van der Waals surface area contributed by atoms with Gasteiger partial charge in [-0.25, -0.2) is 0 Å². The van der Waals surface area contributed by atoms with Gasteiger partial charge in [0.2, 0.25) is 0 Å². The van der Waals surface area contributed by atoms with E-state index in [1.54, 1.807) is 0 Å².